The summed E-state index contributed by atoms with van der Waals surface area (Å²) in [5.74, 6) is 0.999. The summed E-state index contributed by atoms with van der Waals surface area (Å²) in [7, 11) is 1.68. The first-order chi connectivity index (χ1) is 12.7. The number of ether oxygens (including phenoxy) is 1. The monoisotopic (exact) mass is 355 g/mol. The van der Waals surface area contributed by atoms with Gasteiger partial charge in [0.2, 0.25) is 5.91 Å². The lowest BCUT2D eigenvalue weighted by Crippen LogP contribution is -2.39. The predicted octanol–water partition coefficient (Wildman–Crippen LogP) is 1.62. The highest BCUT2D eigenvalue weighted by molar-refractivity contribution is 5.80. The molecule has 0 aromatic carbocycles. The first-order valence-electron chi connectivity index (χ1n) is 8.90. The Kier molecular flexibility index (Phi) is 6.12. The largest absolute Gasteiger partial charge is 0.384 e. The first-order valence-corrected chi connectivity index (χ1v) is 8.90. The van der Waals surface area contributed by atoms with E-state index in [-0.39, 0.29) is 17.7 Å². The highest BCUT2D eigenvalue weighted by atomic mass is 16.5. The number of amides is 1. The van der Waals surface area contributed by atoms with Crippen LogP contribution in [0.3, 0.4) is 0 Å². The van der Waals surface area contributed by atoms with Crippen LogP contribution in [0.2, 0.25) is 0 Å². The summed E-state index contributed by atoms with van der Waals surface area (Å²) in [5.41, 5.74) is 1.09. The molecule has 1 aliphatic heterocycles. The Hall–Kier alpha value is -2.54. The fourth-order valence-electron chi connectivity index (χ4n) is 3.46. The van der Waals surface area contributed by atoms with Crippen molar-refractivity contribution in [2.75, 3.05) is 38.3 Å². The number of hydrogen-bond acceptors (Lipinski definition) is 6. The number of carbonyl (C=O) groups is 1. The van der Waals surface area contributed by atoms with E-state index >= 15 is 0 Å². The standard InChI is InChI=1S/C19H25N5O2/c1-3-23(11-15-4-6-20-7-5-15)19(25)17-13-24(12-16(17)14-26-2)18-10-21-8-9-22-18/h4-10,16-17H,3,11-14H2,1-2H3/t16-,17+/m0/s1. The first kappa shape index (κ1) is 18.3. The molecule has 3 rings (SSSR count). The van der Waals surface area contributed by atoms with Gasteiger partial charge < -0.3 is 14.5 Å². The molecule has 0 bridgehead atoms. The lowest BCUT2D eigenvalue weighted by Gasteiger charge is -2.26. The molecule has 3 heterocycles. The third-order valence-corrected chi connectivity index (χ3v) is 4.83. The topological polar surface area (TPSA) is 71.5 Å². The summed E-state index contributed by atoms with van der Waals surface area (Å²) in [6.45, 7) is 5.22. The third kappa shape index (κ3) is 4.16. The second-order valence-electron chi connectivity index (χ2n) is 6.50. The number of aromatic nitrogens is 3. The van der Waals surface area contributed by atoms with Gasteiger partial charge in [-0.2, -0.15) is 0 Å². The van der Waals surface area contributed by atoms with E-state index in [1.807, 2.05) is 24.0 Å². The van der Waals surface area contributed by atoms with E-state index in [9.17, 15) is 4.79 Å². The zero-order chi connectivity index (χ0) is 18.4. The molecule has 0 N–H and O–H groups in total. The van der Waals surface area contributed by atoms with Crippen molar-refractivity contribution in [2.45, 2.75) is 13.5 Å². The van der Waals surface area contributed by atoms with Gasteiger partial charge in [-0.15, -0.1) is 0 Å². The maximum absolute atomic E-state index is 13.2. The van der Waals surface area contributed by atoms with Gasteiger partial charge in [0.25, 0.3) is 0 Å². The van der Waals surface area contributed by atoms with Crippen LogP contribution in [0.5, 0.6) is 0 Å². The molecule has 1 amide bonds. The molecule has 0 unspecified atom stereocenters. The van der Waals surface area contributed by atoms with E-state index in [4.69, 9.17) is 4.74 Å². The van der Waals surface area contributed by atoms with Crippen molar-refractivity contribution in [3.05, 3.63) is 48.7 Å². The lowest BCUT2D eigenvalue weighted by molar-refractivity contribution is -0.137. The predicted molar refractivity (Wildman–Crippen MR) is 98.4 cm³/mol. The number of nitrogens with zero attached hydrogens (tertiary/aromatic N) is 5. The minimum absolute atomic E-state index is 0.112. The molecule has 1 fully saturated rings. The number of methoxy groups -OCH3 is 1. The van der Waals surface area contributed by atoms with Crippen LogP contribution in [0.4, 0.5) is 5.82 Å². The molecule has 2 aromatic heterocycles. The van der Waals surface area contributed by atoms with Gasteiger partial charge in [-0.05, 0) is 24.6 Å². The molecule has 7 heteroatoms. The van der Waals surface area contributed by atoms with Crippen molar-refractivity contribution in [1.82, 2.24) is 19.9 Å². The smallest absolute Gasteiger partial charge is 0.228 e. The van der Waals surface area contributed by atoms with Gasteiger partial charge in [-0.3, -0.25) is 14.8 Å². The van der Waals surface area contributed by atoms with Crippen LogP contribution >= 0.6 is 0 Å². The highest BCUT2D eigenvalue weighted by Crippen LogP contribution is 2.29. The average molecular weight is 355 g/mol. The Balaban J connectivity index is 1.74. The molecule has 0 aliphatic carbocycles. The lowest BCUT2D eigenvalue weighted by atomic mass is 9.95. The number of carbonyl (C=O) groups excluding carboxylic acids is 1. The minimum atomic E-state index is -0.112. The quantitative estimate of drug-likeness (QED) is 0.752. The van der Waals surface area contributed by atoms with Crippen LogP contribution < -0.4 is 4.90 Å². The molecule has 1 aliphatic rings. The highest BCUT2D eigenvalue weighted by Gasteiger charge is 2.39. The van der Waals surface area contributed by atoms with Crippen LogP contribution in [-0.4, -0.2) is 59.1 Å². The molecule has 0 radical (unpaired) electrons. The van der Waals surface area contributed by atoms with Gasteiger partial charge >= 0.3 is 0 Å². The Morgan fingerprint density at radius 1 is 1.23 bits per heavy atom. The zero-order valence-electron chi connectivity index (χ0n) is 15.3. The molecule has 7 nitrogen and oxygen atoms in total. The van der Waals surface area contributed by atoms with Crippen LogP contribution in [0.15, 0.2) is 43.1 Å². The Labute approximate surface area is 154 Å². The fourth-order valence-corrected chi connectivity index (χ4v) is 3.46. The number of pyridine rings is 1. The van der Waals surface area contributed by atoms with E-state index < -0.39 is 0 Å². The average Bonchev–Trinajstić information content (AvgIpc) is 3.11. The van der Waals surface area contributed by atoms with Gasteiger partial charge in [-0.25, -0.2) is 4.98 Å². The van der Waals surface area contributed by atoms with Crippen molar-refractivity contribution in [2.24, 2.45) is 11.8 Å². The maximum Gasteiger partial charge on any atom is 0.228 e. The van der Waals surface area contributed by atoms with Gasteiger partial charge in [0.15, 0.2) is 0 Å². The molecular weight excluding hydrogens is 330 g/mol. The number of anilines is 1. The van der Waals surface area contributed by atoms with E-state index in [1.54, 1.807) is 38.1 Å². The van der Waals surface area contributed by atoms with E-state index in [0.29, 0.717) is 26.2 Å². The second-order valence-corrected chi connectivity index (χ2v) is 6.50. The maximum atomic E-state index is 13.2. The number of hydrogen-bond donors (Lipinski definition) is 0. The van der Waals surface area contributed by atoms with Gasteiger partial charge in [0.1, 0.15) is 5.82 Å². The van der Waals surface area contributed by atoms with Crippen molar-refractivity contribution >= 4 is 11.7 Å². The van der Waals surface area contributed by atoms with E-state index in [1.165, 1.54) is 0 Å². The van der Waals surface area contributed by atoms with Gasteiger partial charge in [0, 0.05) is 64.0 Å². The van der Waals surface area contributed by atoms with Crippen molar-refractivity contribution < 1.29 is 9.53 Å². The molecule has 26 heavy (non-hydrogen) atoms. The Bertz CT molecular complexity index is 698. The molecule has 2 aromatic rings. The molecule has 138 valence electrons. The SMILES string of the molecule is CCN(Cc1ccncc1)C(=O)[C@@H]1CN(c2cnccn2)C[C@H]1COC. The van der Waals surface area contributed by atoms with E-state index in [2.05, 4.69) is 19.9 Å². The Morgan fingerprint density at radius 2 is 2.04 bits per heavy atom. The summed E-state index contributed by atoms with van der Waals surface area (Å²) in [4.78, 5) is 29.8. The normalized spacial score (nSPS) is 19.5. The van der Waals surface area contributed by atoms with Crippen LogP contribution in [0.25, 0.3) is 0 Å². The van der Waals surface area contributed by atoms with Crippen molar-refractivity contribution in [3.8, 4) is 0 Å². The van der Waals surface area contributed by atoms with Crippen LogP contribution in [-0.2, 0) is 16.1 Å². The second kappa shape index (κ2) is 8.71. The summed E-state index contributed by atoms with van der Waals surface area (Å²) in [6.07, 6.45) is 8.59. The van der Waals surface area contributed by atoms with Gasteiger partial charge in [0.05, 0.1) is 18.7 Å². The Morgan fingerprint density at radius 3 is 2.69 bits per heavy atom. The van der Waals surface area contributed by atoms with E-state index in [0.717, 1.165) is 17.9 Å². The number of rotatable bonds is 7. The van der Waals surface area contributed by atoms with Crippen LogP contribution in [0, 0.1) is 11.8 Å². The van der Waals surface area contributed by atoms with Crippen molar-refractivity contribution in [3.63, 3.8) is 0 Å². The summed E-state index contributed by atoms with van der Waals surface area (Å²) in [6, 6.07) is 3.90. The molecule has 0 spiro atoms. The summed E-state index contributed by atoms with van der Waals surface area (Å²) in [5, 5.41) is 0. The minimum Gasteiger partial charge on any atom is -0.384 e. The third-order valence-electron chi connectivity index (χ3n) is 4.83. The van der Waals surface area contributed by atoms with Crippen LogP contribution in [0.1, 0.15) is 12.5 Å². The molecular formula is C19H25N5O2. The van der Waals surface area contributed by atoms with Crippen molar-refractivity contribution in [1.29, 1.82) is 0 Å². The molecule has 1 saturated heterocycles. The molecule has 0 saturated carbocycles. The zero-order valence-corrected chi connectivity index (χ0v) is 15.3. The summed E-state index contributed by atoms with van der Waals surface area (Å²) >= 11 is 0. The summed E-state index contributed by atoms with van der Waals surface area (Å²) < 4.78 is 5.38. The molecule has 2 atom stereocenters. The fraction of sp³-hybridized carbons (Fsp3) is 0.474. The van der Waals surface area contributed by atoms with Gasteiger partial charge in [-0.1, -0.05) is 0 Å².